The molecule has 3 N–H and O–H groups in total. The number of ether oxygens (including phenoxy) is 1. The minimum atomic E-state index is -3.73. The van der Waals surface area contributed by atoms with Gasteiger partial charge in [-0.25, -0.2) is 8.42 Å². The van der Waals surface area contributed by atoms with Crippen molar-refractivity contribution >= 4 is 10.0 Å². The maximum atomic E-state index is 12.5. The summed E-state index contributed by atoms with van der Waals surface area (Å²) in [6.07, 6.45) is 1.49. The molecule has 7 nitrogen and oxygen atoms in total. The molecule has 0 amide bonds. The Hall–Kier alpha value is -1.06. The van der Waals surface area contributed by atoms with Crippen LogP contribution >= 0.6 is 0 Å². The van der Waals surface area contributed by atoms with Crippen LogP contribution in [-0.4, -0.2) is 56.2 Å². The Morgan fingerprint density at radius 3 is 2.79 bits per heavy atom. The van der Waals surface area contributed by atoms with E-state index >= 15 is 0 Å². The summed E-state index contributed by atoms with van der Waals surface area (Å²) in [5, 5.41) is 8.99. The summed E-state index contributed by atoms with van der Waals surface area (Å²) in [5.74, 6) is 0. The molecule has 19 heavy (non-hydrogen) atoms. The molecule has 1 rings (SSSR count). The third-order valence-electron chi connectivity index (χ3n) is 2.55. The molecule has 0 fully saturated rings. The summed E-state index contributed by atoms with van der Waals surface area (Å²) < 4.78 is 31.0. The van der Waals surface area contributed by atoms with Gasteiger partial charge in [0.15, 0.2) is 0 Å². The van der Waals surface area contributed by atoms with Gasteiger partial charge in [-0.2, -0.15) is 4.31 Å². The molecule has 1 aromatic rings. The van der Waals surface area contributed by atoms with E-state index in [-0.39, 0.29) is 37.7 Å². The van der Waals surface area contributed by atoms with E-state index in [4.69, 9.17) is 15.6 Å². The van der Waals surface area contributed by atoms with E-state index in [1.807, 2.05) is 0 Å². The van der Waals surface area contributed by atoms with Crippen molar-refractivity contribution in [1.29, 1.82) is 0 Å². The summed E-state index contributed by atoms with van der Waals surface area (Å²) in [6, 6.07) is 3.00. The number of hydrogen-bond donors (Lipinski definition) is 2. The van der Waals surface area contributed by atoms with Crippen molar-refractivity contribution in [2.75, 3.05) is 33.4 Å². The first-order valence-corrected chi connectivity index (χ1v) is 7.25. The summed E-state index contributed by atoms with van der Waals surface area (Å²) in [5.41, 5.74) is 5.81. The molecule has 0 saturated heterocycles. The Bertz CT molecular complexity index is 492. The van der Waals surface area contributed by atoms with Crippen LogP contribution in [0.1, 0.15) is 5.69 Å². The lowest BCUT2D eigenvalue weighted by molar-refractivity contribution is 0.168. The minimum absolute atomic E-state index is 0.00456. The smallest absolute Gasteiger partial charge is 0.245 e. The van der Waals surface area contributed by atoms with Crippen LogP contribution in [0.2, 0.25) is 0 Å². The molecule has 108 valence electrons. The Kier molecular flexibility index (Phi) is 6.32. The number of sulfonamides is 1. The van der Waals surface area contributed by atoms with Gasteiger partial charge >= 0.3 is 0 Å². The normalized spacial score (nSPS) is 12.0. The van der Waals surface area contributed by atoms with Crippen LogP contribution < -0.4 is 5.73 Å². The summed E-state index contributed by atoms with van der Waals surface area (Å²) >= 11 is 0. The zero-order valence-electron chi connectivity index (χ0n) is 10.8. The molecule has 0 aliphatic carbocycles. The Labute approximate surface area is 113 Å². The average molecular weight is 289 g/mol. The fraction of sp³-hybridized carbons (Fsp3) is 0.545. The monoisotopic (exact) mass is 289 g/mol. The number of rotatable bonds is 8. The second-order valence-corrected chi connectivity index (χ2v) is 5.68. The Morgan fingerprint density at radius 1 is 1.47 bits per heavy atom. The van der Waals surface area contributed by atoms with Gasteiger partial charge in [0.05, 0.1) is 18.9 Å². The highest BCUT2D eigenvalue weighted by Gasteiger charge is 2.26. The molecule has 8 heteroatoms. The molecule has 0 aromatic carbocycles. The van der Waals surface area contributed by atoms with Gasteiger partial charge in [0.1, 0.15) is 4.90 Å². The molecule has 0 bridgehead atoms. The lowest BCUT2D eigenvalue weighted by atomic mass is 10.3. The topological polar surface area (TPSA) is 106 Å². The SMILES string of the molecule is COCCN(CCO)S(=O)(=O)c1cccnc1CN. The van der Waals surface area contributed by atoms with Gasteiger partial charge in [0.2, 0.25) is 10.0 Å². The average Bonchev–Trinajstić information content (AvgIpc) is 2.43. The van der Waals surface area contributed by atoms with Crippen molar-refractivity contribution in [3.8, 4) is 0 Å². The predicted molar refractivity (Wildman–Crippen MR) is 69.8 cm³/mol. The number of methoxy groups -OCH3 is 1. The number of hydrogen-bond acceptors (Lipinski definition) is 6. The predicted octanol–water partition coefficient (Wildman–Crippen LogP) is -0.830. The fourth-order valence-corrected chi connectivity index (χ4v) is 3.21. The van der Waals surface area contributed by atoms with Crippen molar-refractivity contribution in [3.63, 3.8) is 0 Å². The van der Waals surface area contributed by atoms with E-state index in [0.717, 1.165) is 4.31 Å². The standard InChI is InChI=1S/C11H19N3O4S/c1-18-8-6-14(5-7-15)19(16,17)11-3-2-4-13-10(11)9-12/h2-4,15H,5-9,12H2,1H3. The second kappa shape index (κ2) is 7.51. The molecular formula is C11H19N3O4S. The molecule has 1 aromatic heterocycles. The number of aliphatic hydroxyl groups excluding tert-OH is 1. The molecule has 0 aliphatic rings. The Morgan fingerprint density at radius 2 is 2.21 bits per heavy atom. The van der Waals surface area contributed by atoms with Gasteiger partial charge in [-0.1, -0.05) is 0 Å². The number of aromatic nitrogens is 1. The Balaban J connectivity index is 3.11. The van der Waals surface area contributed by atoms with Crippen LogP contribution in [0.25, 0.3) is 0 Å². The highest BCUT2D eigenvalue weighted by atomic mass is 32.2. The molecule has 0 saturated carbocycles. The molecular weight excluding hydrogens is 270 g/mol. The molecule has 0 aliphatic heterocycles. The van der Waals surface area contributed by atoms with Gasteiger partial charge in [-0.05, 0) is 12.1 Å². The van der Waals surface area contributed by atoms with Crippen molar-refractivity contribution in [2.45, 2.75) is 11.4 Å². The molecule has 0 unspecified atom stereocenters. The van der Waals surface area contributed by atoms with Crippen LogP contribution in [-0.2, 0) is 21.3 Å². The summed E-state index contributed by atoms with van der Waals surface area (Å²) in [4.78, 5) is 4.03. The number of aliphatic hydroxyl groups is 1. The lowest BCUT2D eigenvalue weighted by Crippen LogP contribution is -2.36. The fourth-order valence-electron chi connectivity index (χ4n) is 1.61. The number of pyridine rings is 1. The van der Waals surface area contributed by atoms with E-state index in [9.17, 15) is 8.42 Å². The quantitative estimate of drug-likeness (QED) is 0.647. The van der Waals surface area contributed by atoms with Crippen LogP contribution in [0.4, 0.5) is 0 Å². The van der Waals surface area contributed by atoms with E-state index in [1.165, 1.54) is 19.4 Å². The third-order valence-corrected chi connectivity index (χ3v) is 4.53. The van der Waals surface area contributed by atoms with Gasteiger partial charge in [0.25, 0.3) is 0 Å². The van der Waals surface area contributed by atoms with Crippen molar-refractivity contribution in [3.05, 3.63) is 24.0 Å². The lowest BCUT2D eigenvalue weighted by Gasteiger charge is -2.21. The van der Waals surface area contributed by atoms with Crippen LogP contribution in [0, 0.1) is 0 Å². The van der Waals surface area contributed by atoms with Gasteiger partial charge in [0, 0.05) is 32.9 Å². The van der Waals surface area contributed by atoms with E-state index < -0.39 is 10.0 Å². The maximum Gasteiger partial charge on any atom is 0.245 e. The summed E-state index contributed by atoms with van der Waals surface area (Å²) in [7, 11) is -2.24. The maximum absolute atomic E-state index is 12.5. The number of nitrogens with zero attached hydrogens (tertiary/aromatic N) is 2. The van der Waals surface area contributed by atoms with Gasteiger partial charge < -0.3 is 15.6 Å². The first-order valence-electron chi connectivity index (χ1n) is 5.81. The molecule has 0 radical (unpaired) electrons. The highest BCUT2D eigenvalue weighted by molar-refractivity contribution is 7.89. The van der Waals surface area contributed by atoms with E-state index in [1.54, 1.807) is 6.07 Å². The van der Waals surface area contributed by atoms with Crippen LogP contribution in [0.3, 0.4) is 0 Å². The largest absolute Gasteiger partial charge is 0.395 e. The highest BCUT2D eigenvalue weighted by Crippen LogP contribution is 2.18. The van der Waals surface area contributed by atoms with Crippen LogP contribution in [0.5, 0.6) is 0 Å². The zero-order valence-corrected chi connectivity index (χ0v) is 11.6. The van der Waals surface area contributed by atoms with Crippen molar-refractivity contribution in [1.82, 2.24) is 9.29 Å². The summed E-state index contributed by atoms with van der Waals surface area (Å²) in [6.45, 7) is 0.189. The van der Waals surface area contributed by atoms with E-state index in [2.05, 4.69) is 4.98 Å². The second-order valence-electron chi connectivity index (χ2n) is 3.77. The minimum Gasteiger partial charge on any atom is -0.395 e. The van der Waals surface area contributed by atoms with Crippen molar-refractivity contribution < 1.29 is 18.3 Å². The van der Waals surface area contributed by atoms with Crippen molar-refractivity contribution in [2.24, 2.45) is 5.73 Å². The third kappa shape index (κ3) is 3.95. The first-order chi connectivity index (χ1) is 9.07. The molecule has 1 heterocycles. The molecule has 0 atom stereocenters. The molecule has 0 spiro atoms. The number of nitrogens with two attached hydrogens (primary N) is 1. The first kappa shape index (κ1) is 16.0. The van der Waals surface area contributed by atoms with Crippen LogP contribution in [0.15, 0.2) is 23.2 Å². The zero-order chi connectivity index (χ0) is 14.3. The van der Waals surface area contributed by atoms with Gasteiger partial charge in [-0.15, -0.1) is 0 Å². The van der Waals surface area contributed by atoms with E-state index in [0.29, 0.717) is 5.69 Å². The van der Waals surface area contributed by atoms with Gasteiger partial charge in [-0.3, -0.25) is 4.98 Å².